The lowest BCUT2D eigenvalue weighted by Crippen LogP contribution is -2.63. The minimum atomic E-state index is -2.48. The SMILES string of the molecule is CCC(C)C1CCC[N+](C)(C[Si](OC)(OC)OC)C1. The van der Waals surface area contributed by atoms with Gasteiger partial charge >= 0.3 is 8.80 Å². The summed E-state index contributed by atoms with van der Waals surface area (Å²) < 4.78 is 17.8. The summed E-state index contributed by atoms with van der Waals surface area (Å²) in [5.41, 5.74) is 0. The smallest absolute Gasteiger partial charge is 0.374 e. The Bertz CT molecular complexity index is 265. The van der Waals surface area contributed by atoms with Crippen LogP contribution in [-0.2, 0) is 13.3 Å². The van der Waals surface area contributed by atoms with Gasteiger partial charge in [-0.1, -0.05) is 20.3 Å². The highest BCUT2D eigenvalue weighted by atomic mass is 28.4. The molecule has 3 unspecified atom stereocenters. The first-order valence-electron chi connectivity index (χ1n) is 7.43. The average molecular weight is 291 g/mol. The molecule has 19 heavy (non-hydrogen) atoms. The summed E-state index contributed by atoms with van der Waals surface area (Å²) in [4.78, 5) is 0. The number of quaternary nitrogens is 1. The second kappa shape index (κ2) is 7.18. The molecule has 1 aliphatic heterocycles. The van der Waals surface area contributed by atoms with E-state index in [1.807, 2.05) is 0 Å². The van der Waals surface area contributed by atoms with Crippen molar-refractivity contribution in [3.63, 3.8) is 0 Å². The zero-order valence-corrected chi connectivity index (χ0v) is 14.6. The lowest BCUT2D eigenvalue weighted by Gasteiger charge is -2.45. The molecule has 0 spiro atoms. The Kier molecular flexibility index (Phi) is 6.46. The molecule has 0 bridgehead atoms. The Hall–Kier alpha value is 0.0569. The zero-order chi connectivity index (χ0) is 14.5. The molecular weight excluding hydrogens is 258 g/mol. The molecule has 0 aromatic carbocycles. The fraction of sp³-hybridized carbons (Fsp3) is 1.00. The van der Waals surface area contributed by atoms with Crippen molar-refractivity contribution in [2.24, 2.45) is 11.8 Å². The first-order chi connectivity index (χ1) is 8.94. The first-order valence-corrected chi connectivity index (χ1v) is 9.36. The van der Waals surface area contributed by atoms with Gasteiger partial charge < -0.3 is 17.8 Å². The maximum absolute atomic E-state index is 5.61. The van der Waals surface area contributed by atoms with Crippen molar-refractivity contribution >= 4 is 8.80 Å². The van der Waals surface area contributed by atoms with Gasteiger partial charge in [-0.3, -0.25) is 0 Å². The van der Waals surface area contributed by atoms with Crippen molar-refractivity contribution in [2.45, 2.75) is 33.1 Å². The Morgan fingerprint density at radius 1 is 1.21 bits per heavy atom. The molecule has 0 aromatic heterocycles. The van der Waals surface area contributed by atoms with E-state index in [-0.39, 0.29) is 0 Å². The molecule has 0 aromatic rings. The second-order valence-corrected chi connectivity index (χ2v) is 9.17. The molecule has 1 fully saturated rings. The van der Waals surface area contributed by atoms with Crippen molar-refractivity contribution in [3.05, 3.63) is 0 Å². The quantitative estimate of drug-likeness (QED) is 0.532. The highest BCUT2D eigenvalue weighted by Gasteiger charge is 2.48. The molecular formula is C14H32NO3Si+. The van der Waals surface area contributed by atoms with Crippen LogP contribution in [0.5, 0.6) is 0 Å². The van der Waals surface area contributed by atoms with Crippen LogP contribution in [0.15, 0.2) is 0 Å². The molecule has 0 radical (unpaired) electrons. The van der Waals surface area contributed by atoms with Crippen LogP contribution in [0.25, 0.3) is 0 Å². The molecule has 0 aliphatic carbocycles. The van der Waals surface area contributed by atoms with Gasteiger partial charge in [-0.15, -0.1) is 0 Å². The minimum absolute atomic E-state index is 0.807. The van der Waals surface area contributed by atoms with E-state index in [0.717, 1.165) is 22.5 Å². The van der Waals surface area contributed by atoms with E-state index in [9.17, 15) is 0 Å². The van der Waals surface area contributed by atoms with Crippen LogP contribution in [0, 0.1) is 11.8 Å². The van der Waals surface area contributed by atoms with Crippen molar-refractivity contribution in [2.75, 3.05) is 47.6 Å². The normalized spacial score (nSPS) is 30.3. The molecule has 4 nitrogen and oxygen atoms in total. The molecule has 1 aliphatic rings. The summed E-state index contributed by atoms with van der Waals surface area (Å²) in [5.74, 6) is 1.63. The van der Waals surface area contributed by atoms with Gasteiger partial charge in [-0.05, 0) is 18.8 Å². The number of likely N-dealkylation sites (tertiary alicyclic amines) is 1. The first kappa shape index (κ1) is 17.1. The van der Waals surface area contributed by atoms with Crippen LogP contribution in [0.2, 0.25) is 0 Å². The molecule has 114 valence electrons. The van der Waals surface area contributed by atoms with E-state index in [2.05, 4.69) is 20.9 Å². The van der Waals surface area contributed by atoms with Gasteiger partial charge in [0.1, 0.15) is 6.17 Å². The van der Waals surface area contributed by atoms with Crippen LogP contribution >= 0.6 is 0 Å². The Labute approximate surface area is 120 Å². The number of nitrogens with zero attached hydrogens (tertiary/aromatic N) is 1. The monoisotopic (exact) mass is 290 g/mol. The molecule has 0 N–H and O–H groups in total. The molecule has 3 atom stereocenters. The third-order valence-corrected chi connectivity index (χ3v) is 7.92. The van der Waals surface area contributed by atoms with Crippen LogP contribution in [0.1, 0.15) is 33.1 Å². The molecule has 5 heteroatoms. The van der Waals surface area contributed by atoms with E-state index in [0.29, 0.717) is 0 Å². The third-order valence-electron chi connectivity index (χ3n) is 4.91. The van der Waals surface area contributed by atoms with Crippen LogP contribution < -0.4 is 0 Å². The highest BCUT2D eigenvalue weighted by molar-refractivity contribution is 6.60. The van der Waals surface area contributed by atoms with E-state index < -0.39 is 8.80 Å². The topological polar surface area (TPSA) is 27.7 Å². The summed E-state index contributed by atoms with van der Waals surface area (Å²) in [6.07, 6.45) is 4.81. The zero-order valence-electron chi connectivity index (χ0n) is 13.6. The molecule has 0 saturated carbocycles. The summed E-state index contributed by atoms with van der Waals surface area (Å²) in [6, 6.07) is 0. The molecule has 1 rings (SSSR count). The minimum Gasteiger partial charge on any atom is -0.374 e. The fourth-order valence-corrected chi connectivity index (χ4v) is 5.45. The number of rotatable bonds is 7. The number of hydrogen-bond donors (Lipinski definition) is 0. The Balaban J connectivity index is 2.74. The summed E-state index contributed by atoms with van der Waals surface area (Å²) in [6.45, 7) is 7.10. The Morgan fingerprint density at radius 2 is 1.79 bits per heavy atom. The molecule has 1 heterocycles. The van der Waals surface area contributed by atoms with E-state index >= 15 is 0 Å². The van der Waals surface area contributed by atoms with Crippen molar-refractivity contribution in [1.29, 1.82) is 0 Å². The van der Waals surface area contributed by atoms with Crippen molar-refractivity contribution < 1.29 is 17.8 Å². The number of hydrogen-bond acceptors (Lipinski definition) is 3. The highest BCUT2D eigenvalue weighted by Crippen LogP contribution is 2.30. The number of piperidine rings is 1. The van der Waals surface area contributed by atoms with Gasteiger partial charge in [0, 0.05) is 27.2 Å². The molecule has 0 amide bonds. The maximum Gasteiger partial charge on any atom is 0.558 e. The van der Waals surface area contributed by atoms with Gasteiger partial charge in [0.15, 0.2) is 0 Å². The lowest BCUT2D eigenvalue weighted by atomic mass is 9.84. The third kappa shape index (κ3) is 4.26. The van der Waals surface area contributed by atoms with E-state index in [1.54, 1.807) is 21.3 Å². The van der Waals surface area contributed by atoms with Crippen LogP contribution in [0.3, 0.4) is 0 Å². The largest absolute Gasteiger partial charge is 0.558 e. The Morgan fingerprint density at radius 3 is 2.26 bits per heavy atom. The van der Waals surface area contributed by atoms with Crippen LogP contribution in [0.4, 0.5) is 0 Å². The van der Waals surface area contributed by atoms with Gasteiger partial charge in [-0.2, -0.15) is 0 Å². The lowest BCUT2D eigenvalue weighted by molar-refractivity contribution is -0.911. The van der Waals surface area contributed by atoms with Gasteiger partial charge in [0.05, 0.1) is 20.1 Å². The van der Waals surface area contributed by atoms with E-state index in [1.165, 1.54) is 32.4 Å². The standard InChI is InChI=1S/C14H32NO3Si/c1-7-13(2)14-9-8-10-15(3,11-14)12-19(16-4,17-5)18-6/h13-14H,7-12H2,1-6H3/q+1. The van der Waals surface area contributed by atoms with Crippen LogP contribution in [-0.4, -0.2) is 60.9 Å². The predicted molar refractivity (Wildman–Crippen MR) is 79.7 cm³/mol. The summed E-state index contributed by atoms with van der Waals surface area (Å²) in [5, 5.41) is 0. The predicted octanol–water partition coefficient (Wildman–Crippen LogP) is 2.31. The van der Waals surface area contributed by atoms with Gasteiger partial charge in [-0.25, -0.2) is 0 Å². The van der Waals surface area contributed by atoms with Gasteiger partial charge in [0.2, 0.25) is 0 Å². The van der Waals surface area contributed by atoms with E-state index in [4.69, 9.17) is 13.3 Å². The molecule has 1 saturated heterocycles. The summed E-state index contributed by atoms with van der Waals surface area (Å²) in [7, 11) is 4.98. The fourth-order valence-electron chi connectivity index (χ4n) is 3.34. The van der Waals surface area contributed by atoms with Crippen molar-refractivity contribution in [1.82, 2.24) is 0 Å². The average Bonchev–Trinajstić information content (AvgIpc) is 2.44. The second-order valence-electron chi connectivity index (χ2n) is 6.27. The van der Waals surface area contributed by atoms with Crippen molar-refractivity contribution in [3.8, 4) is 0 Å². The van der Waals surface area contributed by atoms with Gasteiger partial charge in [0.25, 0.3) is 0 Å². The maximum atomic E-state index is 5.61. The summed E-state index contributed by atoms with van der Waals surface area (Å²) >= 11 is 0.